The third-order valence-electron chi connectivity index (χ3n) is 4.04. The van der Waals surface area contributed by atoms with Gasteiger partial charge in [0.05, 0.1) is 6.61 Å². The van der Waals surface area contributed by atoms with E-state index in [0.717, 1.165) is 37.9 Å². The first-order chi connectivity index (χ1) is 10.2. The largest absolute Gasteiger partial charge is 0.494 e. The van der Waals surface area contributed by atoms with Gasteiger partial charge >= 0.3 is 0 Å². The lowest BCUT2D eigenvalue weighted by Crippen LogP contribution is -2.34. The number of hydrogen-bond donors (Lipinski definition) is 1. The molecule has 1 fully saturated rings. The maximum atomic E-state index is 5.67. The van der Waals surface area contributed by atoms with Gasteiger partial charge in [-0.2, -0.15) is 0 Å². The van der Waals surface area contributed by atoms with E-state index in [0.29, 0.717) is 6.04 Å². The van der Waals surface area contributed by atoms with E-state index in [2.05, 4.69) is 55.4 Å². The zero-order chi connectivity index (χ0) is 15.1. The van der Waals surface area contributed by atoms with Crippen molar-refractivity contribution in [3.05, 3.63) is 29.8 Å². The quantitative estimate of drug-likeness (QED) is 0.712. The smallest absolute Gasteiger partial charge is 0.119 e. The molecule has 0 heterocycles. The Balaban J connectivity index is 1.96. The molecular weight excluding hydrogens is 260 g/mol. The van der Waals surface area contributed by atoms with Gasteiger partial charge in [-0.25, -0.2) is 0 Å². The van der Waals surface area contributed by atoms with Gasteiger partial charge in [0.15, 0.2) is 0 Å². The number of nitrogens with one attached hydrogen (secondary N) is 1. The molecule has 0 aliphatic heterocycles. The fourth-order valence-electron chi connectivity index (χ4n) is 2.58. The summed E-state index contributed by atoms with van der Waals surface area (Å²) >= 11 is 0. The minimum Gasteiger partial charge on any atom is -0.494 e. The van der Waals surface area contributed by atoms with Gasteiger partial charge in [0.1, 0.15) is 5.75 Å². The second kappa shape index (κ2) is 8.40. The molecule has 1 unspecified atom stereocenters. The van der Waals surface area contributed by atoms with Crippen molar-refractivity contribution in [2.45, 2.75) is 51.6 Å². The summed E-state index contributed by atoms with van der Waals surface area (Å²) in [4.78, 5) is 2.49. The molecule has 2 rings (SSSR count). The lowest BCUT2D eigenvalue weighted by Gasteiger charge is -2.25. The lowest BCUT2D eigenvalue weighted by molar-refractivity contribution is 0.281. The monoisotopic (exact) mass is 290 g/mol. The van der Waals surface area contributed by atoms with E-state index in [9.17, 15) is 0 Å². The molecular formula is C18H30N2O. The number of nitrogens with zero attached hydrogens (tertiary/aromatic N) is 1. The summed E-state index contributed by atoms with van der Waals surface area (Å²) < 4.78 is 5.67. The van der Waals surface area contributed by atoms with E-state index in [1.54, 1.807) is 0 Å². The topological polar surface area (TPSA) is 24.5 Å². The zero-order valence-electron chi connectivity index (χ0n) is 13.8. The molecule has 1 saturated carbocycles. The third-order valence-corrected chi connectivity index (χ3v) is 4.04. The second-order valence-corrected chi connectivity index (χ2v) is 6.09. The molecule has 0 aromatic heterocycles. The Hall–Kier alpha value is -1.06. The lowest BCUT2D eigenvalue weighted by atomic mass is 10.1. The molecule has 21 heavy (non-hydrogen) atoms. The molecule has 0 saturated heterocycles. The first-order valence-corrected chi connectivity index (χ1v) is 8.41. The molecule has 0 spiro atoms. The Morgan fingerprint density at radius 3 is 2.48 bits per heavy atom. The second-order valence-electron chi connectivity index (χ2n) is 6.09. The van der Waals surface area contributed by atoms with Gasteiger partial charge in [0.25, 0.3) is 0 Å². The van der Waals surface area contributed by atoms with Crippen molar-refractivity contribution in [2.75, 3.05) is 26.7 Å². The molecule has 1 N–H and O–H groups in total. The predicted octanol–water partition coefficient (Wildman–Crippen LogP) is 3.61. The fraction of sp³-hybridized carbons (Fsp3) is 0.667. The number of likely N-dealkylation sites (N-methyl/N-ethyl adjacent to an activating group) is 1. The molecule has 1 aromatic carbocycles. The molecule has 0 radical (unpaired) electrons. The van der Waals surface area contributed by atoms with Crippen molar-refractivity contribution >= 4 is 0 Å². The normalized spacial score (nSPS) is 16.2. The van der Waals surface area contributed by atoms with Crippen LogP contribution in [0, 0.1) is 0 Å². The molecule has 0 bridgehead atoms. The van der Waals surface area contributed by atoms with E-state index in [-0.39, 0.29) is 0 Å². The molecule has 1 aromatic rings. The summed E-state index contributed by atoms with van der Waals surface area (Å²) in [5, 5.41) is 3.68. The highest BCUT2D eigenvalue weighted by atomic mass is 16.5. The molecule has 3 nitrogen and oxygen atoms in total. The average molecular weight is 290 g/mol. The van der Waals surface area contributed by atoms with Gasteiger partial charge in [0, 0.05) is 18.6 Å². The van der Waals surface area contributed by atoms with Crippen LogP contribution in [0.2, 0.25) is 0 Å². The van der Waals surface area contributed by atoms with Crippen molar-refractivity contribution < 1.29 is 4.74 Å². The average Bonchev–Trinajstić information content (AvgIpc) is 3.34. The van der Waals surface area contributed by atoms with Gasteiger partial charge in [-0.05, 0) is 57.0 Å². The summed E-state index contributed by atoms with van der Waals surface area (Å²) in [5.41, 5.74) is 1.36. The standard InChI is InChI=1S/C18H30N2O/c1-4-12-19-18(14-20(3)16-8-9-16)15-6-10-17(11-7-15)21-13-5-2/h6-7,10-11,16,18-19H,4-5,8-9,12-14H2,1-3H3. The summed E-state index contributed by atoms with van der Waals surface area (Å²) in [6, 6.07) is 9.84. The third kappa shape index (κ3) is 5.33. The maximum absolute atomic E-state index is 5.67. The highest BCUT2D eigenvalue weighted by molar-refractivity contribution is 5.29. The number of rotatable bonds is 10. The van der Waals surface area contributed by atoms with Crippen molar-refractivity contribution in [1.82, 2.24) is 10.2 Å². The number of benzene rings is 1. The van der Waals surface area contributed by atoms with Crippen molar-refractivity contribution in [2.24, 2.45) is 0 Å². The Morgan fingerprint density at radius 2 is 1.90 bits per heavy atom. The van der Waals surface area contributed by atoms with E-state index >= 15 is 0 Å². The number of ether oxygens (including phenoxy) is 1. The van der Waals surface area contributed by atoms with Crippen molar-refractivity contribution in [3.8, 4) is 5.75 Å². The Bertz CT molecular complexity index is 400. The van der Waals surface area contributed by atoms with Crippen LogP contribution in [0.4, 0.5) is 0 Å². The minimum atomic E-state index is 0.413. The first kappa shape index (κ1) is 16.3. The summed E-state index contributed by atoms with van der Waals surface area (Å²) in [7, 11) is 2.25. The van der Waals surface area contributed by atoms with Crippen LogP contribution in [0.25, 0.3) is 0 Å². The zero-order valence-corrected chi connectivity index (χ0v) is 13.8. The van der Waals surface area contributed by atoms with Crippen molar-refractivity contribution in [1.29, 1.82) is 0 Å². The first-order valence-electron chi connectivity index (χ1n) is 8.41. The van der Waals surface area contributed by atoms with E-state index in [1.807, 2.05) is 0 Å². The summed E-state index contributed by atoms with van der Waals surface area (Å²) in [6.07, 6.45) is 4.94. The summed E-state index contributed by atoms with van der Waals surface area (Å²) in [6.45, 7) is 7.29. The summed E-state index contributed by atoms with van der Waals surface area (Å²) in [5.74, 6) is 0.977. The van der Waals surface area contributed by atoms with Crippen LogP contribution in [0.15, 0.2) is 24.3 Å². The van der Waals surface area contributed by atoms with Crippen LogP contribution in [0.1, 0.15) is 51.1 Å². The Labute approximate surface area is 129 Å². The molecule has 1 aliphatic carbocycles. The van der Waals surface area contributed by atoms with E-state index in [1.165, 1.54) is 24.8 Å². The molecule has 1 atom stereocenters. The van der Waals surface area contributed by atoms with E-state index < -0.39 is 0 Å². The van der Waals surface area contributed by atoms with Crippen LogP contribution in [-0.2, 0) is 0 Å². The predicted molar refractivity (Wildman–Crippen MR) is 88.9 cm³/mol. The minimum absolute atomic E-state index is 0.413. The van der Waals surface area contributed by atoms with Gasteiger partial charge in [-0.3, -0.25) is 0 Å². The van der Waals surface area contributed by atoms with Gasteiger partial charge < -0.3 is 15.0 Å². The highest BCUT2D eigenvalue weighted by Crippen LogP contribution is 2.27. The van der Waals surface area contributed by atoms with Crippen molar-refractivity contribution in [3.63, 3.8) is 0 Å². The highest BCUT2D eigenvalue weighted by Gasteiger charge is 2.27. The maximum Gasteiger partial charge on any atom is 0.119 e. The van der Waals surface area contributed by atoms with Gasteiger partial charge in [-0.15, -0.1) is 0 Å². The fourth-order valence-corrected chi connectivity index (χ4v) is 2.58. The van der Waals surface area contributed by atoms with Crippen LogP contribution in [-0.4, -0.2) is 37.7 Å². The molecule has 3 heteroatoms. The van der Waals surface area contributed by atoms with Crippen LogP contribution in [0.5, 0.6) is 5.75 Å². The Morgan fingerprint density at radius 1 is 1.19 bits per heavy atom. The molecule has 1 aliphatic rings. The van der Waals surface area contributed by atoms with Crippen LogP contribution >= 0.6 is 0 Å². The van der Waals surface area contributed by atoms with Crippen LogP contribution in [0.3, 0.4) is 0 Å². The number of hydrogen-bond acceptors (Lipinski definition) is 3. The SMILES string of the molecule is CCCNC(CN(C)C1CC1)c1ccc(OCCC)cc1. The Kier molecular flexibility index (Phi) is 6.52. The van der Waals surface area contributed by atoms with Crippen LogP contribution < -0.4 is 10.1 Å². The molecule has 0 amide bonds. The van der Waals surface area contributed by atoms with Gasteiger partial charge in [0.2, 0.25) is 0 Å². The molecule has 118 valence electrons. The van der Waals surface area contributed by atoms with Gasteiger partial charge in [-0.1, -0.05) is 26.0 Å². The van der Waals surface area contributed by atoms with E-state index in [4.69, 9.17) is 4.74 Å².